The van der Waals surface area contributed by atoms with Crippen LogP contribution in [0.1, 0.15) is 12.8 Å². The first-order valence-electron chi connectivity index (χ1n) is 3.25. The maximum absolute atomic E-state index is 4.17. The topological polar surface area (TPSA) is 12.0 Å². The molecular weight excluding hydrogens is 154 g/mol. The van der Waals surface area contributed by atoms with E-state index < -0.39 is 0 Å². The van der Waals surface area contributed by atoms with Gasteiger partial charge in [0.15, 0.2) is 0 Å². The molecule has 1 atom stereocenters. The summed E-state index contributed by atoms with van der Waals surface area (Å²) in [5.41, 5.74) is 0. The monoisotopic (exact) mass is 167 g/mol. The van der Waals surface area contributed by atoms with Gasteiger partial charge in [-0.3, -0.25) is 0 Å². The molecule has 1 heterocycles. The van der Waals surface area contributed by atoms with Crippen molar-refractivity contribution >= 4 is 25.0 Å². The molecule has 0 bridgehead atoms. The molecule has 56 valence electrons. The Morgan fingerprint density at radius 3 is 2.78 bits per heavy atom. The van der Waals surface area contributed by atoms with Gasteiger partial charge in [0.2, 0.25) is 0 Å². The van der Waals surface area contributed by atoms with Crippen molar-refractivity contribution in [2.45, 2.75) is 12.8 Å². The Balaban J connectivity index is 0.000000640. The minimum atomic E-state index is 0. The summed E-state index contributed by atoms with van der Waals surface area (Å²) in [7, 11) is 0. The molecule has 0 aromatic carbocycles. The van der Waals surface area contributed by atoms with Gasteiger partial charge in [0.25, 0.3) is 0 Å². The van der Waals surface area contributed by atoms with Crippen LogP contribution < -0.4 is 5.32 Å². The van der Waals surface area contributed by atoms with Crippen LogP contribution in [0.15, 0.2) is 0 Å². The van der Waals surface area contributed by atoms with Crippen molar-refractivity contribution in [1.82, 2.24) is 5.32 Å². The van der Waals surface area contributed by atoms with Crippen LogP contribution in [0.3, 0.4) is 0 Å². The highest BCUT2D eigenvalue weighted by Crippen LogP contribution is 2.11. The standard InChI is InChI=1S/C6H13NS.ClH/c8-4-2-6-1-3-7-5-6;/h6-8H,1-5H2;1H/t6-;/m1./s1. The molecule has 0 unspecified atom stereocenters. The lowest BCUT2D eigenvalue weighted by Gasteiger charge is -2.02. The van der Waals surface area contributed by atoms with E-state index in [1.165, 1.54) is 25.9 Å². The third-order valence-electron chi connectivity index (χ3n) is 1.70. The van der Waals surface area contributed by atoms with Gasteiger partial charge in [-0.05, 0) is 37.6 Å². The molecule has 1 N–H and O–H groups in total. The first kappa shape index (κ1) is 9.60. The molecule has 1 fully saturated rings. The second-order valence-corrected chi connectivity index (χ2v) is 2.82. The lowest BCUT2D eigenvalue weighted by molar-refractivity contribution is 0.568. The minimum Gasteiger partial charge on any atom is -0.316 e. The molecule has 1 aliphatic heterocycles. The Kier molecular flexibility index (Phi) is 5.75. The molecule has 9 heavy (non-hydrogen) atoms. The van der Waals surface area contributed by atoms with Crippen LogP contribution in [0, 0.1) is 5.92 Å². The summed E-state index contributed by atoms with van der Waals surface area (Å²) in [6.07, 6.45) is 2.65. The number of hydrogen-bond acceptors (Lipinski definition) is 2. The zero-order chi connectivity index (χ0) is 5.82. The van der Waals surface area contributed by atoms with Gasteiger partial charge in [-0.1, -0.05) is 0 Å². The number of halogens is 1. The first-order valence-corrected chi connectivity index (χ1v) is 3.88. The van der Waals surface area contributed by atoms with E-state index in [1.807, 2.05) is 0 Å². The first-order chi connectivity index (χ1) is 3.93. The molecule has 1 rings (SSSR count). The Morgan fingerprint density at radius 1 is 1.56 bits per heavy atom. The van der Waals surface area contributed by atoms with Gasteiger partial charge in [-0.15, -0.1) is 12.4 Å². The third kappa shape index (κ3) is 3.33. The second-order valence-electron chi connectivity index (χ2n) is 2.37. The predicted molar refractivity (Wildman–Crippen MR) is 46.7 cm³/mol. The van der Waals surface area contributed by atoms with E-state index in [0.717, 1.165) is 11.7 Å². The molecule has 1 aliphatic rings. The van der Waals surface area contributed by atoms with Crippen molar-refractivity contribution in [3.8, 4) is 0 Å². The maximum Gasteiger partial charge on any atom is -0.00197 e. The van der Waals surface area contributed by atoms with E-state index in [-0.39, 0.29) is 12.4 Å². The Hall–Kier alpha value is 0.600. The number of hydrogen-bond donors (Lipinski definition) is 2. The minimum absolute atomic E-state index is 0. The molecule has 0 saturated carbocycles. The highest BCUT2D eigenvalue weighted by atomic mass is 35.5. The number of rotatable bonds is 2. The molecule has 0 amide bonds. The zero-order valence-corrected chi connectivity index (χ0v) is 7.18. The summed E-state index contributed by atoms with van der Waals surface area (Å²) >= 11 is 4.17. The Bertz CT molecular complexity index is 64.1. The van der Waals surface area contributed by atoms with Gasteiger partial charge in [-0.2, -0.15) is 12.6 Å². The van der Waals surface area contributed by atoms with E-state index in [0.29, 0.717) is 0 Å². The van der Waals surface area contributed by atoms with Crippen LogP contribution in [-0.4, -0.2) is 18.8 Å². The van der Waals surface area contributed by atoms with Crippen molar-refractivity contribution in [1.29, 1.82) is 0 Å². The van der Waals surface area contributed by atoms with Gasteiger partial charge < -0.3 is 5.32 Å². The predicted octanol–water partition coefficient (Wildman–Crippen LogP) is 1.34. The SMILES string of the molecule is Cl.SCC[C@H]1CCNC1. The molecule has 1 nitrogen and oxygen atoms in total. The lowest BCUT2D eigenvalue weighted by Crippen LogP contribution is -2.08. The Labute approximate surface area is 68.4 Å². The normalized spacial score (nSPS) is 25.7. The van der Waals surface area contributed by atoms with Crippen LogP contribution in [0.5, 0.6) is 0 Å². The molecular formula is C6H14ClNS. The molecule has 3 heteroatoms. The van der Waals surface area contributed by atoms with E-state index in [9.17, 15) is 0 Å². The summed E-state index contributed by atoms with van der Waals surface area (Å²) in [4.78, 5) is 0. The Morgan fingerprint density at radius 2 is 2.33 bits per heavy atom. The van der Waals surface area contributed by atoms with Gasteiger partial charge in [0.05, 0.1) is 0 Å². The quantitative estimate of drug-likeness (QED) is 0.592. The fraction of sp³-hybridized carbons (Fsp3) is 1.00. The number of thiol groups is 1. The average Bonchev–Trinajstić information content (AvgIpc) is 2.19. The third-order valence-corrected chi connectivity index (χ3v) is 1.96. The molecule has 1 saturated heterocycles. The van der Waals surface area contributed by atoms with Crippen LogP contribution in [-0.2, 0) is 0 Å². The van der Waals surface area contributed by atoms with E-state index in [1.54, 1.807) is 0 Å². The van der Waals surface area contributed by atoms with Crippen LogP contribution >= 0.6 is 25.0 Å². The van der Waals surface area contributed by atoms with E-state index in [2.05, 4.69) is 17.9 Å². The highest BCUT2D eigenvalue weighted by molar-refractivity contribution is 7.80. The van der Waals surface area contributed by atoms with Crippen LogP contribution in [0.2, 0.25) is 0 Å². The van der Waals surface area contributed by atoms with Gasteiger partial charge in [-0.25, -0.2) is 0 Å². The maximum atomic E-state index is 4.17. The van der Waals surface area contributed by atoms with E-state index in [4.69, 9.17) is 0 Å². The largest absolute Gasteiger partial charge is 0.316 e. The molecule has 0 radical (unpaired) electrons. The summed E-state index contributed by atoms with van der Waals surface area (Å²) in [6, 6.07) is 0. The second kappa shape index (κ2) is 5.39. The molecule has 0 spiro atoms. The van der Waals surface area contributed by atoms with Gasteiger partial charge >= 0.3 is 0 Å². The smallest absolute Gasteiger partial charge is 0.00197 e. The molecule has 0 aromatic heterocycles. The summed E-state index contributed by atoms with van der Waals surface area (Å²) in [5.74, 6) is 1.97. The summed E-state index contributed by atoms with van der Waals surface area (Å²) in [6.45, 7) is 2.44. The van der Waals surface area contributed by atoms with Crippen molar-refractivity contribution in [2.75, 3.05) is 18.8 Å². The fourth-order valence-electron chi connectivity index (χ4n) is 1.14. The van der Waals surface area contributed by atoms with Gasteiger partial charge in [0, 0.05) is 0 Å². The van der Waals surface area contributed by atoms with Crippen molar-refractivity contribution in [3.63, 3.8) is 0 Å². The fourth-order valence-corrected chi connectivity index (χ4v) is 1.51. The van der Waals surface area contributed by atoms with E-state index >= 15 is 0 Å². The average molecular weight is 168 g/mol. The summed E-state index contributed by atoms with van der Waals surface area (Å²) in [5, 5.41) is 3.32. The van der Waals surface area contributed by atoms with Crippen LogP contribution in [0.4, 0.5) is 0 Å². The molecule has 0 aromatic rings. The van der Waals surface area contributed by atoms with Crippen molar-refractivity contribution in [2.24, 2.45) is 5.92 Å². The van der Waals surface area contributed by atoms with Crippen LogP contribution in [0.25, 0.3) is 0 Å². The van der Waals surface area contributed by atoms with Crippen molar-refractivity contribution in [3.05, 3.63) is 0 Å². The highest BCUT2D eigenvalue weighted by Gasteiger charge is 2.11. The zero-order valence-electron chi connectivity index (χ0n) is 5.47. The molecule has 0 aliphatic carbocycles. The number of nitrogens with one attached hydrogen (secondary N) is 1. The lowest BCUT2D eigenvalue weighted by atomic mass is 10.1. The summed E-state index contributed by atoms with van der Waals surface area (Å²) < 4.78 is 0. The van der Waals surface area contributed by atoms with Crippen molar-refractivity contribution < 1.29 is 0 Å². The van der Waals surface area contributed by atoms with Gasteiger partial charge in [0.1, 0.15) is 0 Å².